The van der Waals surface area contributed by atoms with Gasteiger partial charge >= 0.3 is 0 Å². The van der Waals surface area contributed by atoms with Gasteiger partial charge in [-0.1, -0.05) is 55.5 Å². The van der Waals surface area contributed by atoms with Crippen molar-refractivity contribution in [1.29, 1.82) is 0 Å². The fourth-order valence-electron chi connectivity index (χ4n) is 1.68. The number of rotatable bonds is 7. The predicted octanol–water partition coefficient (Wildman–Crippen LogP) is 2.73. The van der Waals surface area contributed by atoms with Crippen LogP contribution in [0.15, 0.2) is 35.8 Å². The molecule has 102 valence electrons. The van der Waals surface area contributed by atoms with E-state index in [9.17, 15) is 0 Å². The third kappa shape index (κ3) is 4.96. The Balaban J connectivity index is 1.71. The molecular formula is C14H19N3OS. The number of hydrogen-bond acceptors (Lipinski definition) is 5. The highest BCUT2D eigenvalue weighted by atomic mass is 32.1. The van der Waals surface area contributed by atoms with Gasteiger partial charge in [-0.05, 0) is 5.56 Å². The van der Waals surface area contributed by atoms with Gasteiger partial charge in [-0.15, -0.1) is 10.2 Å². The van der Waals surface area contributed by atoms with Crippen molar-refractivity contribution >= 4 is 11.3 Å². The van der Waals surface area contributed by atoms with E-state index in [2.05, 4.69) is 53.6 Å². The van der Waals surface area contributed by atoms with Crippen LogP contribution in [0.25, 0.3) is 0 Å². The molecule has 0 unspecified atom stereocenters. The van der Waals surface area contributed by atoms with Gasteiger partial charge in [0.1, 0.15) is 5.51 Å². The maximum absolute atomic E-state index is 5.62. The quantitative estimate of drug-likeness (QED) is 0.845. The number of ether oxygens (including phenoxy) is 1. The van der Waals surface area contributed by atoms with Crippen LogP contribution < -0.4 is 10.1 Å². The van der Waals surface area contributed by atoms with Gasteiger partial charge in [0, 0.05) is 18.5 Å². The maximum atomic E-state index is 5.62. The minimum Gasteiger partial charge on any atom is -0.468 e. The molecule has 0 saturated carbocycles. The second-order valence-electron chi connectivity index (χ2n) is 5.25. The zero-order valence-electron chi connectivity index (χ0n) is 11.3. The first kappa shape index (κ1) is 14.0. The van der Waals surface area contributed by atoms with Crippen LogP contribution in [0.4, 0.5) is 0 Å². The molecule has 0 atom stereocenters. The van der Waals surface area contributed by atoms with Crippen molar-refractivity contribution in [1.82, 2.24) is 15.5 Å². The van der Waals surface area contributed by atoms with Gasteiger partial charge in [-0.25, -0.2) is 0 Å². The first-order valence-corrected chi connectivity index (χ1v) is 7.17. The van der Waals surface area contributed by atoms with E-state index >= 15 is 0 Å². The van der Waals surface area contributed by atoms with Crippen LogP contribution in [0.1, 0.15) is 19.4 Å². The first-order valence-electron chi connectivity index (χ1n) is 6.29. The fraction of sp³-hybridized carbons (Fsp3) is 0.429. The van der Waals surface area contributed by atoms with Crippen molar-refractivity contribution < 1.29 is 4.74 Å². The summed E-state index contributed by atoms with van der Waals surface area (Å²) in [5.74, 6) is 0. The van der Waals surface area contributed by atoms with Gasteiger partial charge in [0.15, 0.2) is 0 Å². The largest absolute Gasteiger partial charge is 0.468 e. The van der Waals surface area contributed by atoms with Crippen molar-refractivity contribution in [2.24, 2.45) is 5.41 Å². The highest BCUT2D eigenvalue weighted by Crippen LogP contribution is 2.18. The summed E-state index contributed by atoms with van der Waals surface area (Å²) in [6.45, 7) is 6.74. The molecular weight excluding hydrogens is 258 g/mol. The van der Waals surface area contributed by atoms with E-state index < -0.39 is 0 Å². The van der Waals surface area contributed by atoms with Crippen molar-refractivity contribution in [3.05, 3.63) is 41.4 Å². The molecule has 0 aliphatic heterocycles. The lowest BCUT2D eigenvalue weighted by atomic mass is 9.95. The molecule has 1 aromatic carbocycles. The molecule has 1 N–H and O–H groups in total. The van der Waals surface area contributed by atoms with Crippen molar-refractivity contribution in [2.75, 3.05) is 13.2 Å². The molecule has 0 saturated heterocycles. The van der Waals surface area contributed by atoms with Crippen LogP contribution in [0.2, 0.25) is 0 Å². The molecule has 1 heterocycles. The highest BCUT2D eigenvalue weighted by molar-refractivity contribution is 7.11. The van der Waals surface area contributed by atoms with Gasteiger partial charge in [0.25, 0.3) is 5.19 Å². The van der Waals surface area contributed by atoms with Gasteiger partial charge in [-0.2, -0.15) is 0 Å². The lowest BCUT2D eigenvalue weighted by molar-refractivity contribution is 0.174. The molecule has 1 aromatic heterocycles. The average molecular weight is 277 g/mol. The van der Waals surface area contributed by atoms with E-state index in [1.165, 1.54) is 16.9 Å². The molecule has 0 fully saturated rings. The number of aromatic nitrogens is 2. The zero-order chi connectivity index (χ0) is 13.6. The fourth-order valence-corrected chi connectivity index (χ4v) is 2.08. The smallest absolute Gasteiger partial charge is 0.293 e. The summed E-state index contributed by atoms with van der Waals surface area (Å²) in [4.78, 5) is 0. The summed E-state index contributed by atoms with van der Waals surface area (Å²) in [7, 11) is 0. The van der Waals surface area contributed by atoms with Crippen LogP contribution >= 0.6 is 11.3 Å². The van der Waals surface area contributed by atoms with Crippen molar-refractivity contribution in [3.8, 4) is 5.19 Å². The van der Waals surface area contributed by atoms with Gasteiger partial charge in [0.05, 0.1) is 6.61 Å². The third-order valence-corrected chi connectivity index (χ3v) is 3.30. The second-order valence-corrected chi connectivity index (χ2v) is 6.04. The Bertz CT molecular complexity index is 471. The van der Waals surface area contributed by atoms with Crippen molar-refractivity contribution in [2.45, 2.75) is 20.4 Å². The second kappa shape index (κ2) is 6.63. The Kier molecular flexibility index (Phi) is 4.87. The summed E-state index contributed by atoms with van der Waals surface area (Å²) in [6, 6.07) is 10.4. The number of nitrogens with one attached hydrogen (secondary N) is 1. The maximum Gasteiger partial charge on any atom is 0.293 e. The van der Waals surface area contributed by atoms with Gasteiger partial charge in [-0.3, -0.25) is 0 Å². The molecule has 0 amide bonds. The van der Waals surface area contributed by atoms with E-state index in [1.54, 1.807) is 5.51 Å². The SMILES string of the molecule is CC(C)(CNCc1ccccc1)COc1nncs1. The predicted molar refractivity (Wildman–Crippen MR) is 77.3 cm³/mol. The molecule has 19 heavy (non-hydrogen) atoms. The lowest BCUT2D eigenvalue weighted by Gasteiger charge is -2.24. The highest BCUT2D eigenvalue weighted by Gasteiger charge is 2.19. The van der Waals surface area contributed by atoms with E-state index in [1.807, 2.05) is 6.07 Å². The Morgan fingerprint density at radius 1 is 1.26 bits per heavy atom. The molecule has 2 rings (SSSR count). The first-order chi connectivity index (χ1) is 9.16. The number of hydrogen-bond donors (Lipinski definition) is 1. The molecule has 4 nitrogen and oxygen atoms in total. The van der Waals surface area contributed by atoms with Crippen LogP contribution in [-0.2, 0) is 6.54 Å². The summed E-state index contributed by atoms with van der Waals surface area (Å²) in [6.07, 6.45) is 0. The molecule has 0 bridgehead atoms. The van der Waals surface area contributed by atoms with Crippen LogP contribution in [-0.4, -0.2) is 23.3 Å². The van der Waals surface area contributed by atoms with Crippen molar-refractivity contribution in [3.63, 3.8) is 0 Å². The van der Waals surface area contributed by atoms with E-state index in [-0.39, 0.29) is 5.41 Å². The minimum atomic E-state index is 0.0560. The number of benzene rings is 1. The molecule has 0 aliphatic rings. The Morgan fingerprint density at radius 3 is 2.74 bits per heavy atom. The topological polar surface area (TPSA) is 47.0 Å². The van der Waals surface area contributed by atoms with Crippen LogP contribution in [0.3, 0.4) is 0 Å². The lowest BCUT2D eigenvalue weighted by Crippen LogP contribution is -2.34. The van der Waals surface area contributed by atoms with Crippen LogP contribution in [0.5, 0.6) is 5.19 Å². The zero-order valence-corrected chi connectivity index (χ0v) is 12.1. The molecule has 0 aliphatic carbocycles. The standard InChI is InChI=1S/C14H19N3OS/c1-14(2,10-18-13-17-16-11-19-13)9-15-8-12-6-4-3-5-7-12/h3-7,11,15H,8-10H2,1-2H3. The van der Waals surface area contributed by atoms with Crippen LogP contribution in [0, 0.1) is 5.41 Å². The molecule has 0 spiro atoms. The Labute approximate surface area is 117 Å². The molecule has 5 heteroatoms. The minimum absolute atomic E-state index is 0.0560. The summed E-state index contributed by atoms with van der Waals surface area (Å²) >= 11 is 1.42. The van der Waals surface area contributed by atoms with Gasteiger partial charge in [0.2, 0.25) is 0 Å². The molecule has 0 radical (unpaired) electrons. The normalized spacial score (nSPS) is 11.5. The number of nitrogens with zero attached hydrogens (tertiary/aromatic N) is 2. The average Bonchev–Trinajstić information content (AvgIpc) is 2.91. The summed E-state index contributed by atoms with van der Waals surface area (Å²) in [5.41, 5.74) is 3.03. The summed E-state index contributed by atoms with van der Waals surface area (Å²) in [5, 5.41) is 11.7. The monoisotopic (exact) mass is 277 g/mol. The third-order valence-electron chi connectivity index (χ3n) is 2.70. The molecule has 2 aromatic rings. The van der Waals surface area contributed by atoms with E-state index in [0.29, 0.717) is 11.8 Å². The Hall–Kier alpha value is -1.46. The van der Waals surface area contributed by atoms with E-state index in [4.69, 9.17) is 4.74 Å². The summed E-state index contributed by atoms with van der Waals surface area (Å²) < 4.78 is 5.62. The van der Waals surface area contributed by atoms with Gasteiger partial charge < -0.3 is 10.1 Å². The van der Waals surface area contributed by atoms with E-state index in [0.717, 1.165) is 13.1 Å². The Morgan fingerprint density at radius 2 is 2.05 bits per heavy atom.